The van der Waals surface area contributed by atoms with Crippen LogP contribution >= 0.6 is 23.2 Å². The van der Waals surface area contributed by atoms with E-state index in [2.05, 4.69) is 15.1 Å². The Kier molecular flexibility index (Phi) is 4.61. The third-order valence-corrected chi connectivity index (χ3v) is 5.23. The molecule has 1 aliphatic rings. The zero-order chi connectivity index (χ0) is 18.1. The second-order valence-corrected chi connectivity index (χ2v) is 6.89. The van der Waals surface area contributed by atoms with Gasteiger partial charge >= 0.3 is 0 Å². The molecule has 0 radical (unpaired) electrons. The maximum absolute atomic E-state index is 13.0. The summed E-state index contributed by atoms with van der Waals surface area (Å²) in [6, 6.07) is 9.05. The van der Waals surface area contributed by atoms with Crippen LogP contribution in [0.15, 0.2) is 49.2 Å². The zero-order valence-corrected chi connectivity index (χ0v) is 15.2. The van der Waals surface area contributed by atoms with E-state index in [1.54, 1.807) is 35.4 Å². The van der Waals surface area contributed by atoms with Crippen LogP contribution in [0.5, 0.6) is 0 Å². The highest BCUT2D eigenvalue weighted by Crippen LogP contribution is 2.35. The Balaban J connectivity index is 1.57. The molecule has 0 N–H and O–H groups in total. The molecule has 1 aliphatic heterocycles. The van der Waals surface area contributed by atoms with E-state index >= 15 is 0 Å². The molecule has 6 nitrogen and oxygen atoms in total. The molecule has 0 bridgehead atoms. The van der Waals surface area contributed by atoms with Crippen molar-refractivity contribution in [2.75, 3.05) is 6.54 Å². The molecule has 0 unspecified atom stereocenters. The van der Waals surface area contributed by atoms with Crippen molar-refractivity contribution < 1.29 is 4.79 Å². The lowest BCUT2D eigenvalue weighted by atomic mass is 10.0. The van der Waals surface area contributed by atoms with Crippen molar-refractivity contribution >= 4 is 29.1 Å². The van der Waals surface area contributed by atoms with Gasteiger partial charge in [0.25, 0.3) is 5.91 Å². The highest BCUT2D eigenvalue weighted by Gasteiger charge is 2.31. The number of pyridine rings is 1. The normalized spacial score (nSPS) is 16.8. The minimum absolute atomic E-state index is 0.00717. The second kappa shape index (κ2) is 7.05. The van der Waals surface area contributed by atoms with Crippen LogP contribution in [0.3, 0.4) is 0 Å². The number of nitrogens with zero attached hydrogens (tertiary/aromatic N) is 5. The molecule has 132 valence electrons. The molecule has 4 rings (SSSR count). The summed E-state index contributed by atoms with van der Waals surface area (Å²) in [5.41, 5.74) is 1.54. The van der Waals surface area contributed by atoms with Gasteiger partial charge in [-0.05, 0) is 42.7 Å². The van der Waals surface area contributed by atoms with E-state index in [-0.39, 0.29) is 11.9 Å². The SMILES string of the molecule is O=C(c1ccc(-n2cncn2)nc1)N1CCC[C@@H]1c1ccc(Cl)c(Cl)c1. The van der Waals surface area contributed by atoms with Gasteiger partial charge in [-0.25, -0.2) is 14.6 Å². The Morgan fingerprint density at radius 3 is 2.73 bits per heavy atom. The lowest BCUT2D eigenvalue weighted by Gasteiger charge is -2.25. The number of hydrogen-bond donors (Lipinski definition) is 0. The van der Waals surface area contributed by atoms with Crippen molar-refractivity contribution in [2.24, 2.45) is 0 Å². The van der Waals surface area contributed by atoms with Crippen molar-refractivity contribution in [1.82, 2.24) is 24.6 Å². The average molecular weight is 388 g/mol. The van der Waals surface area contributed by atoms with E-state index in [4.69, 9.17) is 23.2 Å². The minimum atomic E-state index is -0.0452. The fourth-order valence-electron chi connectivity index (χ4n) is 3.22. The van der Waals surface area contributed by atoms with Gasteiger partial charge in [-0.15, -0.1) is 0 Å². The van der Waals surface area contributed by atoms with Crippen LogP contribution in [0, 0.1) is 0 Å². The molecule has 3 heterocycles. The smallest absolute Gasteiger partial charge is 0.255 e. The summed E-state index contributed by atoms with van der Waals surface area (Å²) in [6.45, 7) is 0.703. The van der Waals surface area contributed by atoms with Gasteiger partial charge in [0, 0.05) is 12.7 Å². The van der Waals surface area contributed by atoms with Gasteiger partial charge in [-0.2, -0.15) is 5.10 Å². The van der Waals surface area contributed by atoms with Crippen LogP contribution in [-0.2, 0) is 0 Å². The Morgan fingerprint density at radius 2 is 2.04 bits per heavy atom. The van der Waals surface area contributed by atoms with Gasteiger partial charge in [0.15, 0.2) is 5.82 Å². The Hall–Kier alpha value is -2.44. The van der Waals surface area contributed by atoms with Gasteiger partial charge < -0.3 is 4.90 Å². The molecule has 0 spiro atoms. The monoisotopic (exact) mass is 387 g/mol. The van der Waals surface area contributed by atoms with Crippen LogP contribution in [-0.4, -0.2) is 37.1 Å². The zero-order valence-electron chi connectivity index (χ0n) is 13.7. The maximum atomic E-state index is 13.0. The number of halogens is 2. The molecule has 1 fully saturated rings. The van der Waals surface area contributed by atoms with E-state index in [9.17, 15) is 4.79 Å². The maximum Gasteiger partial charge on any atom is 0.255 e. The highest BCUT2D eigenvalue weighted by molar-refractivity contribution is 6.42. The number of benzene rings is 1. The van der Waals surface area contributed by atoms with Crippen molar-refractivity contribution in [1.29, 1.82) is 0 Å². The van der Waals surface area contributed by atoms with Gasteiger partial charge in [0.1, 0.15) is 12.7 Å². The molecule has 1 aromatic carbocycles. The number of hydrogen-bond acceptors (Lipinski definition) is 4. The summed E-state index contributed by atoms with van der Waals surface area (Å²) in [5.74, 6) is 0.567. The second-order valence-electron chi connectivity index (χ2n) is 6.08. The topological polar surface area (TPSA) is 63.9 Å². The molecule has 0 saturated carbocycles. The summed E-state index contributed by atoms with van der Waals surface area (Å²) < 4.78 is 1.54. The van der Waals surface area contributed by atoms with E-state index < -0.39 is 0 Å². The fraction of sp³-hybridized carbons (Fsp3) is 0.222. The summed E-state index contributed by atoms with van der Waals surface area (Å²) in [5, 5.41) is 5.05. The standard InChI is InChI=1S/C18H15Cl2N5O/c19-14-5-3-12(8-15(14)20)16-2-1-7-24(16)18(26)13-4-6-17(22-9-13)25-11-21-10-23-25/h3-6,8-11,16H,1-2,7H2/t16-/m1/s1. The Labute approximate surface area is 160 Å². The summed E-state index contributed by atoms with van der Waals surface area (Å²) in [7, 11) is 0. The van der Waals surface area contributed by atoms with Crippen LogP contribution in [0.1, 0.15) is 34.8 Å². The summed E-state index contributed by atoms with van der Waals surface area (Å²) >= 11 is 12.2. The van der Waals surface area contributed by atoms with Gasteiger partial charge in [-0.3, -0.25) is 4.79 Å². The first-order chi connectivity index (χ1) is 12.6. The minimum Gasteiger partial charge on any atom is -0.332 e. The molecule has 3 aromatic rings. The van der Waals surface area contributed by atoms with Gasteiger partial charge in [0.05, 0.1) is 21.7 Å². The first-order valence-corrected chi connectivity index (χ1v) is 8.96. The molecule has 2 aromatic heterocycles. The Bertz CT molecular complexity index is 927. The van der Waals surface area contributed by atoms with Gasteiger partial charge in [-0.1, -0.05) is 29.3 Å². The van der Waals surface area contributed by atoms with Gasteiger partial charge in [0.2, 0.25) is 0 Å². The molecule has 8 heteroatoms. The predicted octanol–water partition coefficient (Wildman–Crippen LogP) is 3.95. The van der Waals surface area contributed by atoms with E-state index in [0.29, 0.717) is 28.0 Å². The van der Waals surface area contributed by atoms with Crippen molar-refractivity contribution in [3.05, 3.63) is 70.4 Å². The van der Waals surface area contributed by atoms with Crippen molar-refractivity contribution in [3.8, 4) is 5.82 Å². The molecule has 26 heavy (non-hydrogen) atoms. The van der Waals surface area contributed by atoms with E-state index in [0.717, 1.165) is 18.4 Å². The number of rotatable bonds is 3. The van der Waals surface area contributed by atoms with Crippen molar-refractivity contribution in [2.45, 2.75) is 18.9 Å². The lowest BCUT2D eigenvalue weighted by molar-refractivity contribution is 0.0735. The van der Waals surface area contributed by atoms with Crippen LogP contribution in [0.2, 0.25) is 10.0 Å². The van der Waals surface area contributed by atoms with E-state index in [1.165, 1.54) is 6.33 Å². The number of amides is 1. The molecular weight excluding hydrogens is 373 g/mol. The summed E-state index contributed by atoms with van der Waals surface area (Å²) in [6.07, 6.45) is 6.41. The first-order valence-electron chi connectivity index (χ1n) is 8.20. The molecule has 1 atom stereocenters. The molecule has 0 aliphatic carbocycles. The lowest BCUT2D eigenvalue weighted by Crippen LogP contribution is -2.30. The van der Waals surface area contributed by atoms with Crippen LogP contribution in [0.4, 0.5) is 0 Å². The largest absolute Gasteiger partial charge is 0.332 e. The van der Waals surface area contributed by atoms with Crippen LogP contribution in [0.25, 0.3) is 5.82 Å². The highest BCUT2D eigenvalue weighted by atomic mass is 35.5. The number of carbonyl (C=O) groups is 1. The molecule has 1 saturated heterocycles. The van der Waals surface area contributed by atoms with Crippen molar-refractivity contribution in [3.63, 3.8) is 0 Å². The third-order valence-electron chi connectivity index (χ3n) is 4.49. The first kappa shape index (κ1) is 17.0. The quantitative estimate of drug-likeness (QED) is 0.682. The molecular formula is C18H15Cl2N5O. The number of carbonyl (C=O) groups excluding carboxylic acids is 1. The fourth-order valence-corrected chi connectivity index (χ4v) is 3.52. The summed E-state index contributed by atoms with van der Waals surface area (Å²) in [4.78, 5) is 23.0. The average Bonchev–Trinajstić information content (AvgIpc) is 3.35. The number of aromatic nitrogens is 4. The number of likely N-dealkylation sites (tertiary alicyclic amines) is 1. The van der Waals surface area contributed by atoms with Crippen LogP contribution < -0.4 is 0 Å². The molecule has 1 amide bonds. The Morgan fingerprint density at radius 1 is 1.15 bits per heavy atom. The predicted molar refractivity (Wildman–Crippen MR) is 98.6 cm³/mol. The third kappa shape index (κ3) is 3.18. The van der Waals surface area contributed by atoms with E-state index in [1.807, 2.05) is 17.0 Å².